The summed E-state index contributed by atoms with van der Waals surface area (Å²) in [6.07, 6.45) is 2.80. The number of amides is 3. The van der Waals surface area contributed by atoms with E-state index in [0.29, 0.717) is 28.7 Å². The van der Waals surface area contributed by atoms with E-state index in [2.05, 4.69) is 22.7 Å². The number of benzene rings is 2. The zero-order valence-electron chi connectivity index (χ0n) is 16.1. The third kappa shape index (κ3) is 4.78. The summed E-state index contributed by atoms with van der Waals surface area (Å²) in [5.41, 5.74) is 6.02. The second-order valence-corrected chi connectivity index (χ2v) is 6.65. The lowest BCUT2D eigenvalue weighted by atomic mass is 10.1. The molecule has 2 aromatic carbocycles. The summed E-state index contributed by atoms with van der Waals surface area (Å²) < 4.78 is 1.36. The van der Waals surface area contributed by atoms with Crippen molar-refractivity contribution in [1.82, 2.24) is 9.78 Å². The minimum atomic E-state index is -0.694. The van der Waals surface area contributed by atoms with E-state index in [4.69, 9.17) is 5.73 Å². The van der Waals surface area contributed by atoms with Crippen LogP contribution in [0.25, 0.3) is 10.8 Å². The number of anilines is 2. The molecule has 0 aliphatic carbocycles. The fourth-order valence-corrected chi connectivity index (χ4v) is 3.07. The fraction of sp³-hybridized carbons (Fsp3) is 0.238. The van der Waals surface area contributed by atoms with E-state index >= 15 is 0 Å². The molecule has 0 aliphatic heterocycles. The molecule has 0 radical (unpaired) electrons. The molecule has 3 aromatic rings. The van der Waals surface area contributed by atoms with Crippen LogP contribution in [0.1, 0.15) is 36.7 Å². The van der Waals surface area contributed by atoms with Crippen molar-refractivity contribution < 1.29 is 9.59 Å². The smallest absolute Gasteiger partial charge is 0.316 e. The minimum absolute atomic E-state index is 0.171. The molecule has 0 fully saturated rings. The summed E-state index contributed by atoms with van der Waals surface area (Å²) in [5.74, 6) is -0.443. The normalized spacial score (nSPS) is 10.7. The van der Waals surface area contributed by atoms with Gasteiger partial charge in [0.25, 0.3) is 11.5 Å². The number of nitrogens with two attached hydrogens (primary N) is 1. The Labute approximate surface area is 167 Å². The monoisotopic (exact) mass is 393 g/mol. The van der Waals surface area contributed by atoms with Crippen molar-refractivity contribution in [3.63, 3.8) is 0 Å². The molecular formula is C21H23N5O3. The predicted octanol–water partition coefficient (Wildman–Crippen LogP) is 3.33. The first kappa shape index (κ1) is 20.1. The summed E-state index contributed by atoms with van der Waals surface area (Å²) >= 11 is 0. The first-order valence-corrected chi connectivity index (χ1v) is 9.47. The van der Waals surface area contributed by atoms with Gasteiger partial charge in [0.2, 0.25) is 0 Å². The maximum absolute atomic E-state index is 13.0. The van der Waals surface area contributed by atoms with Crippen LogP contribution in [-0.4, -0.2) is 21.7 Å². The Bertz CT molecular complexity index is 1110. The van der Waals surface area contributed by atoms with Crippen molar-refractivity contribution in [1.29, 1.82) is 0 Å². The van der Waals surface area contributed by atoms with E-state index in [1.54, 1.807) is 48.5 Å². The molecule has 29 heavy (non-hydrogen) atoms. The summed E-state index contributed by atoms with van der Waals surface area (Å²) in [6.45, 7) is 2.53. The number of unbranched alkanes of at least 4 members (excludes halogenated alkanes) is 2. The number of primary amides is 1. The lowest BCUT2D eigenvalue weighted by Gasteiger charge is -2.12. The summed E-state index contributed by atoms with van der Waals surface area (Å²) in [7, 11) is 0. The molecule has 0 spiro atoms. The number of urea groups is 1. The van der Waals surface area contributed by atoms with Gasteiger partial charge in [0.1, 0.15) is 0 Å². The van der Waals surface area contributed by atoms with Crippen molar-refractivity contribution in [3.8, 4) is 0 Å². The Morgan fingerprint density at radius 2 is 1.69 bits per heavy atom. The van der Waals surface area contributed by atoms with E-state index < -0.39 is 11.9 Å². The van der Waals surface area contributed by atoms with Crippen LogP contribution in [0.5, 0.6) is 0 Å². The number of carbonyl (C=O) groups is 2. The zero-order chi connectivity index (χ0) is 20.8. The van der Waals surface area contributed by atoms with Crippen LogP contribution >= 0.6 is 0 Å². The molecule has 3 rings (SSSR count). The molecule has 0 bridgehead atoms. The van der Waals surface area contributed by atoms with Crippen LogP contribution in [0, 0.1) is 0 Å². The summed E-state index contributed by atoms with van der Waals surface area (Å²) in [6, 6.07) is 12.8. The number of aromatic nitrogens is 2. The predicted molar refractivity (Wildman–Crippen MR) is 113 cm³/mol. The molecule has 0 saturated carbocycles. The highest BCUT2D eigenvalue weighted by Crippen LogP contribution is 2.18. The van der Waals surface area contributed by atoms with Crippen molar-refractivity contribution in [2.24, 2.45) is 5.73 Å². The van der Waals surface area contributed by atoms with Gasteiger partial charge in [-0.2, -0.15) is 5.10 Å². The molecule has 0 aliphatic rings. The van der Waals surface area contributed by atoms with Gasteiger partial charge in [0.15, 0.2) is 5.69 Å². The topological polar surface area (TPSA) is 119 Å². The van der Waals surface area contributed by atoms with Gasteiger partial charge in [0, 0.05) is 23.3 Å². The molecule has 8 nitrogen and oxygen atoms in total. The number of hydrogen-bond donors (Lipinski definition) is 3. The SMILES string of the molecule is CCCCCn1nc(C(=O)Nc2cccc(NC(N)=O)c2)c2ccccc2c1=O. The van der Waals surface area contributed by atoms with Gasteiger partial charge >= 0.3 is 6.03 Å². The van der Waals surface area contributed by atoms with E-state index in [9.17, 15) is 14.4 Å². The largest absolute Gasteiger partial charge is 0.351 e. The molecule has 4 N–H and O–H groups in total. The van der Waals surface area contributed by atoms with Crippen LogP contribution in [-0.2, 0) is 6.54 Å². The van der Waals surface area contributed by atoms with Crippen molar-refractivity contribution in [3.05, 3.63) is 64.6 Å². The molecule has 1 aromatic heterocycles. The maximum Gasteiger partial charge on any atom is 0.316 e. The van der Waals surface area contributed by atoms with Crippen LogP contribution in [0.4, 0.5) is 16.2 Å². The lowest BCUT2D eigenvalue weighted by Crippen LogP contribution is -2.27. The molecule has 3 amide bonds. The number of rotatable bonds is 7. The number of fused-ring (bicyclic) bond motifs is 1. The number of hydrogen-bond acceptors (Lipinski definition) is 4. The molecule has 1 heterocycles. The van der Waals surface area contributed by atoms with Gasteiger partial charge in [0.05, 0.1) is 5.39 Å². The van der Waals surface area contributed by atoms with E-state index in [-0.39, 0.29) is 11.3 Å². The lowest BCUT2D eigenvalue weighted by molar-refractivity contribution is 0.102. The van der Waals surface area contributed by atoms with Gasteiger partial charge in [-0.3, -0.25) is 9.59 Å². The van der Waals surface area contributed by atoms with Gasteiger partial charge in [-0.15, -0.1) is 0 Å². The Hall–Kier alpha value is -3.68. The van der Waals surface area contributed by atoms with Crippen molar-refractivity contribution >= 4 is 34.1 Å². The molecule has 150 valence electrons. The number of nitrogens with one attached hydrogen (secondary N) is 2. The molecule has 0 saturated heterocycles. The van der Waals surface area contributed by atoms with Gasteiger partial charge < -0.3 is 16.4 Å². The Kier molecular flexibility index (Phi) is 6.23. The second-order valence-electron chi connectivity index (χ2n) is 6.65. The van der Waals surface area contributed by atoms with Gasteiger partial charge in [-0.25, -0.2) is 9.48 Å². The van der Waals surface area contributed by atoms with Crippen LogP contribution in [0.15, 0.2) is 53.3 Å². The first-order valence-electron chi connectivity index (χ1n) is 9.47. The fourth-order valence-electron chi connectivity index (χ4n) is 3.07. The van der Waals surface area contributed by atoms with Crippen molar-refractivity contribution in [2.75, 3.05) is 10.6 Å². The molecule has 0 unspecified atom stereocenters. The molecular weight excluding hydrogens is 370 g/mol. The minimum Gasteiger partial charge on any atom is -0.351 e. The average molecular weight is 393 g/mol. The van der Waals surface area contributed by atoms with Crippen molar-refractivity contribution in [2.45, 2.75) is 32.7 Å². The molecule has 8 heteroatoms. The second kappa shape index (κ2) is 9.01. The number of carbonyl (C=O) groups excluding carboxylic acids is 2. The Morgan fingerprint density at radius 3 is 2.38 bits per heavy atom. The molecule has 0 atom stereocenters. The first-order chi connectivity index (χ1) is 14.0. The van der Waals surface area contributed by atoms with E-state index in [1.807, 2.05) is 0 Å². The van der Waals surface area contributed by atoms with Crippen LogP contribution in [0.2, 0.25) is 0 Å². The Balaban J connectivity index is 1.95. The highest BCUT2D eigenvalue weighted by Gasteiger charge is 2.17. The van der Waals surface area contributed by atoms with E-state index in [1.165, 1.54) is 4.68 Å². The number of aryl methyl sites for hydroxylation is 1. The highest BCUT2D eigenvalue weighted by atomic mass is 16.2. The van der Waals surface area contributed by atoms with Crippen LogP contribution in [0.3, 0.4) is 0 Å². The maximum atomic E-state index is 13.0. The quantitative estimate of drug-likeness (QED) is 0.533. The summed E-state index contributed by atoms with van der Waals surface area (Å²) in [5, 5.41) is 10.5. The summed E-state index contributed by atoms with van der Waals surface area (Å²) in [4.78, 5) is 36.7. The Morgan fingerprint density at radius 1 is 1.00 bits per heavy atom. The van der Waals surface area contributed by atoms with Gasteiger partial charge in [-0.1, -0.05) is 44.0 Å². The average Bonchev–Trinajstić information content (AvgIpc) is 2.69. The van der Waals surface area contributed by atoms with Crippen LogP contribution < -0.4 is 21.9 Å². The standard InChI is InChI=1S/C21H23N5O3/c1-2-3-6-12-26-20(28)17-11-5-4-10-16(17)18(25-26)19(27)23-14-8-7-9-15(13-14)24-21(22)29/h4-5,7-11,13H,2-3,6,12H2,1H3,(H,23,27)(H3,22,24,29). The number of nitrogens with zero attached hydrogens (tertiary/aromatic N) is 2. The highest BCUT2D eigenvalue weighted by molar-refractivity contribution is 6.11. The van der Waals surface area contributed by atoms with Gasteiger partial charge in [-0.05, 0) is 30.7 Å². The third-order valence-corrected chi connectivity index (χ3v) is 4.44. The zero-order valence-corrected chi connectivity index (χ0v) is 16.1. The third-order valence-electron chi connectivity index (χ3n) is 4.44. The van der Waals surface area contributed by atoms with E-state index in [0.717, 1.165) is 19.3 Å².